The molecule has 118 valence electrons. The maximum atomic E-state index is 12.8. The molecule has 22 heavy (non-hydrogen) atoms. The number of halogens is 2. The SMILES string of the molecule is O=S(=O)(NCCCSc1ccc(F)cc1)c1ccccc1Br. The summed E-state index contributed by atoms with van der Waals surface area (Å²) in [5, 5.41) is 0. The minimum atomic E-state index is -3.50. The highest BCUT2D eigenvalue weighted by atomic mass is 79.9. The van der Waals surface area contributed by atoms with Crippen molar-refractivity contribution in [2.75, 3.05) is 12.3 Å². The van der Waals surface area contributed by atoms with Gasteiger partial charge in [-0.2, -0.15) is 0 Å². The van der Waals surface area contributed by atoms with Crippen LogP contribution in [-0.4, -0.2) is 20.7 Å². The van der Waals surface area contributed by atoms with Gasteiger partial charge in [0.15, 0.2) is 0 Å². The summed E-state index contributed by atoms with van der Waals surface area (Å²) < 4.78 is 40.2. The van der Waals surface area contributed by atoms with Crippen LogP contribution in [0.4, 0.5) is 4.39 Å². The molecule has 0 amide bonds. The van der Waals surface area contributed by atoms with E-state index in [-0.39, 0.29) is 10.7 Å². The van der Waals surface area contributed by atoms with Crippen molar-refractivity contribution in [1.29, 1.82) is 0 Å². The molecule has 2 aromatic carbocycles. The summed E-state index contributed by atoms with van der Waals surface area (Å²) in [6, 6.07) is 13.0. The van der Waals surface area contributed by atoms with Gasteiger partial charge in [-0.05, 0) is 64.5 Å². The molecule has 0 saturated heterocycles. The lowest BCUT2D eigenvalue weighted by Crippen LogP contribution is -2.25. The number of rotatable bonds is 7. The lowest BCUT2D eigenvalue weighted by Gasteiger charge is -2.08. The predicted molar refractivity (Wildman–Crippen MR) is 91.1 cm³/mol. The van der Waals surface area contributed by atoms with Crippen molar-refractivity contribution < 1.29 is 12.8 Å². The van der Waals surface area contributed by atoms with Crippen LogP contribution in [0.5, 0.6) is 0 Å². The Morgan fingerprint density at radius 3 is 2.45 bits per heavy atom. The van der Waals surface area contributed by atoms with Gasteiger partial charge in [-0.25, -0.2) is 17.5 Å². The average molecular weight is 404 g/mol. The molecule has 0 atom stereocenters. The van der Waals surface area contributed by atoms with Gasteiger partial charge >= 0.3 is 0 Å². The number of hydrogen-bond acceptors (Lipinski definition) is 3. The maximum absolute atomic E-state index is 12.8. The van der Waals surface area contributed by atoms with Gasteiger partial charge < -0.3 is 0 Å². The monoisotopic (exact) mass is 403 g/mol. The number of sulfonamides is 1. The van der Waals surface area contributed by atoms with Crippen molar-refractivity contribution in [1.82, 2.24) is 4.72 Å². The summed E-state index contributed by atoms with van der Waals surface area (Å²) in [7, 11) is -3.50. The van der Waals surface area contributed by atoms with Gasteiger partial charge in [-0.15, -0.1) is 11.8 Å². The number of thioether (sulfide) groups is 1. The summed E-state index contributed by atoms with van der Waals surface area (Å²) in [5.74, 6) is 0.495. The van der Waals surface area contributed by atoms with E-state index in [2.05, 4.69) is 20.7 Å². The Kier molecular flexibility index (Phi) is 6.43. The fourth-order valence-corrected chi connectivity index (χ4v) is 4.67. The average Bonchev–Trinajstić information content (AvgIpc) is 2.49. The fourth-order valence-electron chi connectivity index (χ4n) is 1.74. The standard InChI is InChI=1S/C15H15BrFNO2S2/c16-14-4-1-2-5-15(14)22(19,20)18-10-3-11-21-13-8-6-12(17)7-9-13/h1-2,4-9,18H,3,10-11H2. The Labute approximate surface area is 142 Å². The van der Waals surface area contributed by atoms with E-state index in [0.29, 0.717) is 17.4 Å². The first-order chi connectivity index (χ1) is 10.5. The molecule has 0 unspecified atom stereocenters. The molecule has 7 heteroatoms. The van der Waals surface area contributed by atoms with Crippen LogP contribution in [0, 0.1) is 5.82 Å². The second-order valence-corrected chi connectivity index (χ2v) is 8.24. The first kappa shape index (κ1) is 17.5. The third-order valence-corrected chi connectivity index (χ3v) is 6.39. The molecule has 0 fully saturated rings. The zero-order chi connectivity index (χ0) is 16.0. The molecule has 3 nitrogen and oxygen atoms in total. The van der Waals surface area contributed by atoms with Crippen LogP contribution < -0.4 is 4.72 Å². The van der Waals surface area contributed by atoms with Crippen LogP contribution in [0.15, 0.2) is 62.8 Å². The minimum absolute atomic E-state index is 0.237. The van der Waals surface area contributed by atoms with Crippen molar-refractivity contribution in [3.05, 3.63) is 58.8 Å². The molecule has 0 aliphatic heterocycles. The quantitative estimate of drug-likeness (QED) is 0.560. The first-order valence-corrected chi connectivity index (χ1v) is 9.88. The van der Waals surface area contributed by atoms with Crippen LogP contribution in [-0.2, 0) is 10.0 Å². The van der Waals surface area contributed by atoms with Crippen LogP contribution >= 0.6 is 27.7 Å². The van der Waals surface area contributed by atoms with E-state index in [9.17, 15) is 12.8 Å². The van der Waals surface area contributed by atoms with E-state index in [0.717, 1.165) is 10.6 Å². The highest BCUT2D eigenvalue weighted by molar-refractivity contribution is 9.10. The summed E-state index contributed by atoms with van der Waals surface area (Å²) in [5.41, 5.74) is 0. The van der Waals surface area contributed by atoms with E-state index in [4.69, 9.17) is 0 Å². The summed E-state index contributed by atoms with van der Waals surface area (Å²) in [6.07, 6.45) is 0.686. The summed E-state index contributed by atoms with van der Waals surface area (Å²) >= 11 is 4.81. The van der Waals surface area contributed by atoms with Gasteiger partial charge in [0.25, 0.3) is 0 Å². The van der Waals surface area contributed by atoms with Gasteiger partial charge in [-0.3, -0.25) is 0 Å². The second-order valence-electron chi connectivity index (χ2n) is 4.48. The third-order valence-electron chi connectivity index (χ3n) is 2.82. The zero-order valence-electron chi connectivity index (χ0n) is 11.6. The second kappa shape index (κ2) is 8.10. The molecular formula is C15H15BrFNO2S2. The Bertz CT molecular complexity index is 721. The first-order valence-electron chi connectivity index (χ1n) is 6.61. The van der Waals surface area contributed by atoms with E-state index < -0.39 is 10.0 Å². The molecule has 0 radical (unpaired) electrons. The van der Waals surface area contributed by atoms with Crippen LogP contribution in [0.1, 0.15) is 6.42 Å². The number of hydrogen-bond donors (Lipinski definition) is 1. The molecule has 0 aromatic heterocycles. The highest BCUT2D eigenvalue weighted by Gasteiger charge is 2.15. The molecule has 1 N–H and O–H groups in total. The lowest BCUT2D eigenvalue weighted by atomic mass is 10.4. The zero-order valence-corrected chi connectivity index (χ0v) is 14.8. The van der Waals surface area contributed by atoms with E-state index >= 15 is 0 Å². The largest absolute Gasteiger partial charge is 0.241 e. The fraction of sp³-hybridized carbons (Fsp3) is 0.200. The Balaban J connectivity index is 1.79. The van der Waals surface area contributed by atoms with Gasteiger partial charge in [0.05, 0.1) is 4.90 Å². The molecule has 0 aliphatic carbocycles. The van der Waals surface area contributed by atoms with E-state index in [1.54, 1.807) is 48.2 Å². The number of benzene rings is 2. The number of nitrogens with one attached hydrogen (secondary N) is 1. The lowest BCUT2D eigenvalue weighted by molar-refractivity contribution is 0.580. The van der Waals surface area contributed by atoms with Crippen molar-refractivity contribution >= 4 is 37.7 Å². The van der Waals surface area contributed by atoms with Crippen molar-refractivity contribution in [3.8, 4) is 0 Å². The highest BCUT2D eigenvalue weighted by Crippen LogP contribution is 2.21. The molecule has 0 saturated carbocycles. The van der Waals surface area contributed by atoms with Crippen LogP contribution in [0.2, 0.25) is 0 Å². The van der Waals surface area contributed by atoms with Crippen molar-refractivity contribution in [2.24, 2.45) is 0 Å². The van der Waals surface area contributed by atoms with E-state index in [1.165, 1.54) is 12.1 Å². The smallest absolute Gasteiger partial charge is 0.211 e. The third kappa shape index (κ3) is 5.08. The van der Waals surface area contributed by atoms with Crippen LogP contribution in [0.3, 0.4) is 0 Å². The molecule has 0 heterocycles. The predicted octanol–water partition coefficient (Wildman–Crippen LogP) is 4.05. The van der Waals surface area contributed by atoms with Crippen molar-refractivity contribution in [2.45, 2.75) is 16.2 Å². The Hall–Kier alpha value is -0.890. The minimum Gasteiger partial charge on any atom is -0.211 e. The maximum Gasteiger partial charge on any atom is 0.241 e. The molecular weight excluding hydrogens is 389 g/mol. The normalized spacial score (nSPS) is 11.5. The topological polar surface area (TPSA) is 46.2 Å². The van der Waals surface area contributed by atoms with E-state index in [1.807, 2.05) is 0 Å². The molecule has 0 spiro atoms. The van der Waals surface area contributed by atoms with Gasteiger partial charge in [0, 0.05) is 15.9 Å². The molecule has 2 aromatic rings. The molecule has 0 bridgehead atoms. The van der Waals surface area contributed by atoms with Crippen LogP contribution in [0.25, 0.3) is 0 Å². The Morgan fingerprint density at radius 2 is 1.77 bits per heavy atom. The van der Waals surface area contributed by atoms with Gasteiger partial charge in [0.2, 0.25) is 10.0 Å². The van der Waals surface area contributed by atoms with Gasteiger partial charge in [-0.1, -0.05) is 12.1 Å². The van der Waals surface area contributed by atoms with Crippen molar-refractivity contribution in [3.63, 3.8) is 0 Å². The summed E-state index contributed by atoms with van der Waals surface area (Å²) in [4.78, 5) is 1.20. The van der Waals surface area contributed by atoms with Gasteiger partial charge in [0.1, 0.15) is 5.82 Å². The molecule has 2 rings (SSSR count). The molecule has 0 aliphatic rings. The Morgan fingerprint density at radius 1 is 1.09 bits per heavy atom. The summed E-state index contributed by atoms with van der Waals surface area (Å²) in [6.45, 7) is 0.359.